The van der Waals surface area contributed by atoms with Gasteiger partial charge in [0.1, 0.15) is 0 Å². The molecule has 1 nitrogen and oxygen atoms in total. The smallest absolute Gasteiger partial charge is 0.309 e. The molecule has 2 rings (SSSR count). The summed E-state index contributed by atoms with van der Waals surface area (Å²) in [5.74, 6) is 0. The Bertz CT molecular complexity index is 584. The molecule has 2 aromatic rings. The predicted molar refractivity (Wildman–Crippen MR) is 80.3 cm³/mol. The van der Waals surface area contributed by atoms with Crippen LogP contribution in [0.2, 0.25) is 5.02 Å². The van der Waals surface area contributed by atoms with Crippen molar-refractivity contribution >= 4 is 23.4 Å². The quantitative estimate of drug-likeness (QED) is 0.752. The van der Waals surface area contributed by atoms with Gasteiger partial charge < -0.3 is 5.32 Å². The maximum Gasteiger partial charge on any atom is 0.446 e. The van der Waals surface area contributed by atoms with Gasteiger partial charge in [-0.05, 0) is 41.1 Å². The van der Waals surface area contributed by atoms with Crippen LogP contribution in [0.5, 0.6) is 0 Å². The summed E-state index contributed by atoms with van der Waals surface area (Å²) < 4.78 is 36.6. The third-order valence-electron chi connectivity index (χ3n) is 2.76. The highest BCUT2D eigenvalue weighted by Crippen LogP contribution is 2.36. The molecule has 0 fully saturated rings. The van der Waals surface area contributed by atoms with Crippen LogP contribution < -0.4 is 5.32 Å². The van der Waals surface area contributed by atoms with Gasteiger partial charge in [-0.2, -0.15) is 13.2 Å². The number of hydrogen-bond donors (Lipinski definition) is 1. The van der Waals surface area contributed by atoms with E-state index in [1.807, 2.05) is 24.3 Å². The number of hydrogen-bond acceptors (Lipinski definition) is 2. The first kappa shape index (κ1) is 16.2. The number of nitrogens with one attached hydrogen (secondary N) is 1. The van der Waals surface area contributed by atoms with Crippen molar-refractivity contribution in [2.75, 3.05) is 0 Å². The van der Waals surface area contributed by atoms with Gasteiger partial charge in [0.2, 0.25) is 0 Å². The lowest BCUT2D eigenvalue weighted by Gasteiger charge is -2.08. The van der Waals surface area contributed by atoms with Crippen LogP contribution in [0.1, 0.15) is 11.1 Å². The first-order valence-corrected chi connectivity index (χ1v) is 7.42. The molecule has 2 aromatic carbocycles. The van der Waals surface area contributed by atoms with E-state index in [0.717, 1.165) is 11.1 Å². The fraction of sp³-hybridized carbons (Fsp3) is 0.200. The molecule has 21 heavy (non-hydrogen) atoms. The summed E-state index contributed by atoms with van der Waals surface area (Å²) in [6, 6.07) is 13.9. The molecule has 0 radical (unpaired) electrons. The van der Waals surface area contributed by atoms with Gasteiger partial charge in [-0.3, -0.25) is 0 Å². The minimum Gasteiger partial charge on any atom is -0.309 e. The molecule has 0 atom stereocenters. The number of rotatable bonds is 5. The van der Waals surface area contributed by atoms with Crippen LogP contribution in [0.15, 0.2) is 53.4 Å². The van der Waals surface area contributed by atoms with Crippen LogP contribution in [-0.4, -0.2) is 5.51 Å². The summed E-state index contributed by atoms with van der Waals surface area (Å²) in [6.07, 6.45) is 0. The van der Waals surface area contributed by atoms with Crippen LogP contribution in [0.25, 0.3) is 0 Å². The van der Waals surface area contributed by atoms with Gasteiger partial charge in [0, 0.05) is 23.0 Å². The lowest BCUT2D eigenvalue weighted by atomic mass is 10.2. The largest absolute Gasteiger partial charge is 0.446 e. The first-order chi connectivity index (χ1) is 9.94. The zero-order valence-corrected chi connectivity index (χ0v) is 12.5. The monoisotopic (exact) mass is 331 g/mol. The lowest BCUT2D eigenvalue weighted by molar-refractivity contribution is -0.0328. The van der Waals surface area contributed by atoms with Gasteiger partial charge in [0.15, 0.2) is 0 Å². The molecule has 0 saturated carbocycles. The molecule has 0 aliphatic rings. The van der Waals surface area contributed by atoms with Gasteiger partial charge >= 0.3 is 5.51 Å². The van der Waals surface area contributed by atoms with Gasteiger partial charge in [-0.1, -0.05) is 41.9 Å². The minimum absolute atomic E-state index is 0.106. The molecule has 112 valence electrons. The van der Waals surface area contributed by atoms with Gasteiger partial charge in [0.05, 0.1) is 0 Å². The number of halogens is 4. The highest BCUT2D eigenvalue weighted by molar-refractivity contribution is 8.00. The van der Waals surface area contributed by atoms with Gasteiger partial charge in [-0.25, -0.2) is 0 Å². The average Bonchev–Trinajstić information content (AvgIpc) is 2.41. The number of benzene rings is 2. The van der Waals surface area contributed by atoms with Crippen molar-refractivity contribution in [2.24, 2.45) is 0 Å². The average molecular weight is 332 g/mol. The second-order valence-corrected chi connectivity index (χ2v) is 5.93. The summed E-state index contributed by atoms with van der Waals surface area (Å²) in [5.41, 5.74) is -2.33. The normalized spacial score (nSPS) is 11.6. The molecule has 6 heteroatoms. The second-order valence-electron chi connectivity index (χ2n) is 4.39. The summed E-state index contributed by atoms with van der Waals surface area (Å²) in [6.45, 7) is 1.18. The Balaban J connectivity index is 1.85. The Hall–Kier alpha value is -1.17. The second kappa shape index (κ2) is 7.20. The van der Waals surface area contributed by atoms with Crippen LogP contribution in [0.3, 0.4) is 0 Å². The van der Waals surface area contributed by atoms with E-state index in [-0.39, 0.29) is 16.7 Å². The molecular formula is C15H13ClF3NS. The van der Waals surface area contributed by atoms with Crippen molar-refractivity contribution in [3.05, 3.63) is 64.7 Å². The zero-order chi connectivity index (χ0) is 15.3. The van der Waals surface area contributed by atoms with E-state index >= 15 is 0 Å². The van der Waals surface area contributed by atoms with E-state index < -0.39 is 5.51 Å². The maximum atomic E-state index is 12.2. The van der Waals surface area contributed by atoms with Crippen molar-refractivity contribution in [2.45, 2.75) is 23.5 Å². The SMILES string of the molecule is FC(F)(F)Sc1ccc(CNCc2ccccc2Cl)cc1. The summed E-state index contributed by atoms with van der Waals surface area (Å²) in [4.78, 5) is 0.192. The van der Waals surface area contributed by atoms with Crippen LogP contribution in [0, 0.1) is 0 Å². The van der Waals surface area contributed by atoms with Crippen molar-refractivity contribution in [1.29, 1.82) is 0 Å². The number of thioether (sulfide) groups is 1. The standard InChI is InChI=1S/C15H13ClF3NS/c16-14-4-2-1-3-12(14)10-20-9-11-5-7-13(8-6-11)21-15(17,18)19/h1-8,20H,9-10H2. The topological polar surface area (TPSA) is 12.0 Å². The predicted octanol–water partition coefficient (Wildman–Crippen LogP) is 5.24. The number of alkyl halides is 3. The first-order valence-electron chi connectivity index (χ1n) is 6.23. The van der Waals surface area contributed by atoms with Crippen molar-refractivity contribution in [3.63, 3.8) is 0 Å². The Morgan fingerprint density at radius 3 is 2.24 bits per heavy atom. The molecule has 0 spiro atoms. The Morgan fingerprint density at radius 2 is 1.62 bits per heavy atom. The third-order valence-corrected chi connectivity index (χ3v) is 3.87. The maximum absolute atomic E-state index is 12.2. The van der Waals surface area contributed by atoms with Gasteiger partial charge in [-0.15, -0.1) is 0 Å². The van der Waals surface area contributed by atoms with Crippen LogP contribution in [0.4, 0.5) is 13.2 Å². The lowest BCUT2D eigenvalue weighted by Crippen LogP contribution is -2.12. The van der Waals surface area contributed by atoms with E-state index in [0.29, 0.717) is 18.1 Å². The third kappa shape index (κ3) is 5.61. The molecule has 0 aliphatic heterocycles. The van der Waals surface area contributed by atoms with Gasteiger partial charge in [0.25, 0.3) is 0 Å². The summed E-state index contributed by atoms with van der Waals surface area (Å²) in [7, 11) is 0. The van der Waals surface area contributed by atoms with E-state index in [9.17, 15) is 13.2 Å². The Labute approximate surface area is 130 Å². The Kier molecular flexibility index (Phi) is 5.56. The molecule has 0 heterocycles. The highest BCUT2D eigenvalue weighted by atomic mass is 35.5. The van der Waals surface area contributed by atoms with Crippen molar-refractivity contribution in [1.82, 2.24) is 5.32 Å². The fourth-order valence-corrected chi connectivity index (χ4v) is 2.53. The molecule has 0 amide bonds. The molecule has 0 aromatic heterocycles. The summed E-state index contributed by atoms with van der Waals surface area (Å²) in [5, 5.41) is 3.91. The van der Waals surface area contributed by atoms with Crippen molar-refractivity contribution < 1.29 is 13.2 Å². The van der Waals surface area contributed by atoms with E-state index in [2.05, 4.69) is 5.32 Å². The van der Waals surface area contributed by atoms with E-state index in [4.69, 9.17) is 11.6 Å². The Morgan fingerprint density at radius 1 is 0.952 bits per heavy atom. The minimum atomic E-state index is -4.25. The molecular weight excluding hydrogens is 319 g/mol. The molecule has 1 N–H and O–H groups in total. The molecule has 0 bridgehead atoms. The van der Waals surface area contributed by atoms with E-state index in [1.54, 1.807) is 12.1 Å². The van der Waals surface area contributed by atoms with Crippen LogP contribution >= 0.6 is 23.4 Å². The molecule has 0 unspecified atom stereocenters. The zero-order valence-electron chi connectivity index (χ0n) is 11.0. The van der Waals surface area contributed by atoms with Crippen LogP contribution in [-0.2, 0) is 13.1 Å². The summed E-state index contributed by atoms with van der Waals surface area (Å²) >= 11 is 5.93. The molecule has 0 aliphatic carbocycles. The van der Waals surface area contributed by atoms with E-state index in [1.165, 1.54) is 12.1 Å². The fourth-order valence-electron chi connectivity index (χ4n) is 1.79. The van der Waals surface area contributed by atoms with Crippen molar-refractivity contribution in [3.8, 4) is 0 Å². The highest BCUT2D eigenvalue weighted by Gasteiger charge is 2.28. The molecule has 0 saturated heterocycles.